The van der Waals surface area contributed by atoms with Gasteiger partial charge in [-0.15, -0.1) is 0 Å². The monoisotopic (exact) mass is 316 g/mol. The Bertz CT molecular complexity index is 600. The number of fused-ring (bicyclic) bond motifs is 1. The van der Waals surface area contributed by atoms with E-state index >= 15 is 0 Å². The second-order valence-electron chi connectivity index (χ2n) is 8.32. The van der Waals surface area contributed by atoms with Gasteiger partial charge in [0, 0.05) is 12.5 Å². The van der Waals surface area contributed by atoms with Gasteiger partial charge in [0.15, 0.2) is 5.78 Å². The van der Waals surface area contributed by atoms with E-state index in [4.69, 9.17) is 4.74 Å². The Hall–Kier alpha value is -1.38. The van der Waals surface area contributed by atoms with Gasteiger partial charge in [-0.05, 0) is 66.9 Å². The van der Waals surface area contributed by atoms with Gasteiger partial charge in [0.1, 0.15) is 6.61 Å². The summed E-state index contributed by atoms with van der Waals surface area (Å²) in [6.45, 7) is 9.63. The maximum absolute atomic E-state index is 12.2. The van der Waals surface area contributed by atoms with Gasteiger partial charge in [0.2, 0.25) is 0 Å². The minimum atomic E-state index is -0.210. The highest BCUT2D eigenvalue weighted by Crippen LogP contribution is 2.61. The van der Waals surface area contributed by atoms with Crippen LogP contribution in [-0.4, -0.2) is 18.4 Å². The Morgan fingerprint density at radius 1 is 1.26 bits per heavy atom. The van der Waals surface area contributed by atoms with Crippen molar-refractivity contribution in [1.82, 2.24) is 0 Å². The number of hydrogen-bond acceptors (Lipinski definition) is 3. The molecule has 0 N–H and O–H groups in total. The molecule has 3 heteroatoms. The van der Waals surface area contributed by atoms with Gasteiger partial charge in [-0.1, -0.05) is 26.3 Å². The first kappa shape index (κ1) is 16.5. The van der Waals surface area contributed by atoms with Crippen LogP contribution < -0.4 is 0 Å². The summed E-state index contributed by atoms with van der Waals surface area (Å²) in [5, 5.41) is 0. The zero-order chi connectivity index (χ0) is 16.8. The first-order valence-electron chi connectivity index (χ1n) is 8.83. The fourth-order valence-corrected chi connectivity index (χ4v) is 5.10. The van der Waals surface area contributed by atoms with Crippen molar-refractivity contribution in [2.24, 2.45) is 22.7 Å². The summed E-state index contributed by atoms with van der Waals surface area (Å²) >= 11 is 0. The van der Waals surface area contributed by atoms with E-state index < -0.39 is 0 Å². The standard InChI is InChI=1S/C20H28O3/c1-13-5-7-20(4)14(2)9-16(21)11-17(20)19(13,3)8-6-15-10-18(22)23-12-15/h9-10,13,17H,5-8,11-12H2,1-4H3. The first-order chi connectivity index (χ1) is 10.8. The Morgan fingerprint density at radius 3 is 2.65 bits per heavy atom. The van der Waals surface area contributed by atoms with E-state index in [2.05, 4.69) is 27.7 Å². The molecule has 3 aliphatic rings. The molecule has 4 atom stereocenters. The van der Waals surface area contributed by atoms with Crippen molar-refractivity contribution in [3.8, 4) is 0 Å². The van der Waals surface area contributed by atoms with Crippen molar-refractivity contribution in [3.63, 3.8) is 0 Å². The molecule has 1 fully saturated rings. The SMILES string of the molecule is CC1=CC(=O)CC2C1(C)CCC(C)C2(C)CCC1=CC(=O)OC1. The van der Waals surface area contributed by atoms with E-state index in [0.29, 0.717) is 24.9 Å². The Labute approximate surface area is 139 Å². The molecule has 3 nitrogen and oxygen atoms in total. The summed E-state index contributed by atoms with van der Waals surface area (Å²) in [5.41, 5.74) is 2.64. The molecule has 4 unspecified atom stereocenters. The van der Waals surface area contributed by atoms with Gasteiger partial charge in [-0.25, -0.2) is 4.79 Å². The molecule has 0 aromatic rings. The molecule has 23 heavy (non-hydrogen) atoms. The molecule has 126 valence electrons. The lowest BCUT2D eigenvalue weighted by molar-refractivity contribution is -0.135. The van der Waals surface area contributed by atoms with Crippen molar-refractivity contribution in [3.05, 3.63) is 23.3 Å². The highest BCUT2D eigenvalue weighted by molar-refractivity contribution is 5.92. The Balaban J connectivity index is 1.86. The van der Waals surface area contributed by atoms with Crippen molar-refractivity contribution >= 4 is 11.8 Å². The van der Waals surface area contributed by atoms with E-state index in [1.165, 1.54) is 18.4 Å². The van der Waals surface area contributed by atoms with Crippen LogP contribution in [0.2, 0.25) is 0 Å². The Kier molecular flexibility index (Phi) is 4.02. The first-order valence-corrected chi connectivity index (χ1v) is 8.83. The fraction of sp³-hybridized carbons (Fsp3) is 0.700. The number of esters is 1. The second kappa shape index (κ2) is 5.61. The van der Waals surface area contributed by atoms with Gasteiger partial charge < -0.3 is 4.74 Å². The molecule has 0 saturated heterocycles. The van der Waals surface area contributed by atoms with E-state index in [9.17, 15) is 9.59 Å². The smallest absolute Gasteiger partial charge is 0.331 e. The summed E-state index contributed by atoms with van der Waals surface area (Å²) in [4.78, 5) is 23.5. The third-order valence-electron chi connectivity index (χ3n) is 7.18. The molecule has 0 spiro atoms. The van der Waals surface area contributed by atoms with Crippen LogP contribution in [0.5, 0.6) is 0 Å². The van der Waals surface area contributed by atoms with Gasteiger partial charge in [-0.3, -0.25) is 4.79 Å². The van der Waals surface area contributed by atoms with Crippen molar-refractivity contribution in [2.75, 3.05) is 6.61 Å². The van der Waals surface area contributed by atoms with E-state index in [1.54, 1.807) is 6.08 Å². The summed E-state index contributed by atoms with van der Waals surface area (Å²) in [7, 11) is 0. The molecule has 0 amide bonds. The molecular formula is C20H28O3. The second-order valence-corrected chi connectivity index (χ2v) is 8.32. The van der Waals surface area contributed by atoms with E-state index in [1.807, 2.05) is 6.08 Å². The average Bonchev–Trinajstić information content (AvgIpc) is 2.91. The molecule has 1 heterocycles. The topological polar surface area (TPSA) is 43.4 Å². The molecule has 0 aromatic carbocycles. The number of cyclic esters (lactones) is 1. The zero-order valence-corrected chi connectivity index (χ0v) is 14.8. The summed E-state index contributed by atoms with van der Waals surface area (Å²) in [5.74, 6) is 1.06. The fourth-order valence-electron chi connectivity index (χ4n) is 5.10. The number of ether oxygens (including phenoxy) is 1. The van der Waals surface area contributed by atoms with Crippen LogP contribution in [0.4, 0.5) is 0 Å². The largest absolute Gasteiger partial charge is 0.458 e. The maximum Gasteiger partial charge on any atom is 0.331 e. The van der Waals surface area contributed by atoms with E-state index in [0.717, 1.165) is 18.4 Å². The summed E-state index contributed by atoms with van der Waals surface area (Å²) < 4.78 is 5.03. The van der Waals surface area contributed by atoms with Crippen LogP contribution in [0.1, 0.15) is 59.8 Å². The average molecular weight is 316 g/mol. The van der Waals surface area contributed by atoms with Crippen molar-refractivity contribution in [2.45, 2.75) is 59.8 Å². The lowest BCUT2D eigenvalue weighted by Crippen LogP contribution is -2.51. The maximum atomic E-state index is 12.2. The van der Waals surface area contributed by atoms with Crippen molar-refractivity contribution < 1.29 is 14.3 Å². The normalized spacial score (nSPS) is 40.3. The highest BCUT2D eigenvalue weighted by atomic mass is 16.5. The molecular weight excluding hydrogens is 288 g/mol. The Morgan fingerprint density at radius 2 is 2.00 bits per heavy atom. The number of allylic oxidation sites excluding steroid dienone is 2. The van der Waals surface area contributed by atoms with Gasteiger partial charge in [0.05, 0.1) is 0 Å². The molecule has 0 bridgehead atoms. The van der Waals surface area contributed by atoms with Crippen LogP contribution in [0.3, 0.4) is 0 Å². The predicted molar refractivity (Wildman–Crippen MR) is 89.8 cm³/mol. The lowest BCUT2D eigenvalue weighted by atomic mass is 9.47. The number of carbonyl (C=O) groups is 2. The van der Waals surface area contributed by atoms with Crippen LogP contribution >= 0.6 is 0 Å². The van der Waals surface area contributed by atoms with Crippen LogP contribution in [-0.2, 0) is 14.3 Å². The third-order valence-corrected chi connectivity index (χ3v) is 7.18. The predicted octanol–water partition coefficient (Wildman–Crippen LogP) is 4.23. The third kappa shape index (κ3) is 2.68. The number of carbonyl (C=O) groups excluding carboxylic acids is 2. The zero-order valence-electron chi connectivity index (χ0n) is 14.8. The van der Waals surface area contributed by atoms with Gasteiger partial charge >= 0.3 is 5.97 Å². The minimum Gasteiger partial charge on any atom is -0.458 e. The minimum absolute atomic E-state index is 0.130. The molecule has 2 aliphatic carbocycles. The number of hydrogen-bond donors (Lipinski definition) is 0. The van der Waals surface area contributed by atoms with Gasteiger partial charge in [-0.2, -0.15) is 0 Å². The van der Waals surface area contributed by atoms with Crippen molar-refractivity contribution in [1.29, 1.82) is 0 Å². The highest BCUT2D eigenvalue weighted by Gasteiger charge is 2.54. The van der Waals surface area contributed by atoms with Crippen LogP contribution in [0, 0.1) is 22.7 Å². The number of rotatable bonds is 3. The number of ketones is 1. The molecule has 1 saturated carbocycles. The van der Waals surface area contributed by atoms with Crippen LogP contribution in [0.15, 0.2) is 23.3 Å². The van der Waals surface area contributed by atoms with Gasteiger partial charge in [0.25, 0.3) is 0 Å². The summed E-state index contributed by atoms with van der Waals surface area (Å²) in [6.07, 6.45) is 8.49. The molecule has 3 rings (SSSR count). The molecule has 1 aliphatic heterocycles. The van der Waals surface area contributed by atoms with E-state index in [-0.39, 0.29) is 22.6 Å². The lowest BCUT2D eigenvalue weighted by Gasteiger charge is -2.57. The molecule has 0 aromatic heterocycles. The molecule has 0 radical (unpaired) electrons. The van der Waals surface area contributed by atoms with Crippen LogP contribution in [0.25, 0.3) is 0 Å². The summed E-state index contributed by atoms with van der Waals surface area (Å²) in [6, 6.07) is 0. The quantitative estimate of drug-likeness (QED) is 0.732.